The van der Waals surface area contributed by atoms with Gasteiger partial charge in [0, 0.05) is 29.4 Å². The van der Waals surface area contributed by atoms with Crippen molar-refractivity contribution in [3.63, 3.8) is 0 Å². The molecule has 2 atom stereocenters. The molecule has 0 aromatic carbocycles. The summed E-state index contributed by atoms with van der Waals surface area (Å²) in [5, 5.41) is 4.34. The number of esters is 1. The van der Waals surface area contributed by atoms with E-state index in [1.54, 1.807) is 16.2 Å². The van der Waals surface area contributed by atoms with Crippen molar-refractivity contribution in [2.75, 3.05) is 12.4 Å². The first-order valence-corrected chi connectivity index (χ1v) is 10.3. The Morgan fingerprint density at radius 3 is 3.00 bits per heavy atom. The molecule has 1 aliphatic rings. The molecule has 1 saturated carbocycles. The molecule has 1 fully saturated rings. The van der Waals surface area contributed by atoms with Crippen molar-refractivity contribution in [3.05, 3.63) is 35.5 Å². The number of nitrogens with zero attached hydrogens (tertiary/aromatic N) is 4. The number of carbonyl (C=O) groups excluding carboxylic acids is 1. The molecule has 1 aliphatic carbocycles. The van der Waals surface area contributed by atoms with Gasteiger partial charge in [0.15, 0.2) is 23.1 Å². The van der Waals surface area contributed by atoms with Gasteiger partial charge in [-0.15, -0.1) is 0 Å². The summed E-state index contributed by atoms with van der Waals surface area (Å²) in [4.78, 5) is 25.0. The molecule has 158 valence electrons. The van der Waals surface area contributed by atoms with E-state index in [0.29, 0.717) is 33.9 Å². The third-order valence-corrected chi connectivity index (χ3v) is 6.09. The number of anilines is 1. The lowest BCUT2D eigenvalue weighted by Gasteiger charge is -2.36. The maximum absolute atomic E-state index is 14.5. The average Bonchev–Trinajstić information content (AvgIpc) is 3.04. The van der Waals surface area contributed by atoms with Crippen molar-refractivity contribution in [2.45, 2.75) is 38.6 Å². The normalized spacial score (nSPS) is 21.6. The monoisotopic (exact) mass is 449 g/mol. The summed E-state index contributed by atoms with van der Waals surface area (Å²) in [6.07, 6.45) is 7.29. The van der Waals surface area contributed by atoms with Gasteiger partial charge in [-0.2, -0.15) is 0 Å². The highest BCUT2D eigenvalue weighted by Crippen LogP contribution is 2.38. The second-order valence-corrected chi connectivity index (χ2v) is 8.66. The molecule has 0 bridgehead atoms. The maximum atomic E-state index is 14.5. The van der Waals surface area contributed by atoms with Crippen LogP contribution in [0, 0.1) is 11.2 Å². The van der Waals surface area contributed by atoms with Crippen molar-refractivity contribution in [1.29, 1.82) is 0 Å². The van der Waals surface area contributed by atoms with Gasteiger partial charge in [0.05, 0.1) is 23.7 Å². The van der Waals surface area contributed by atoms with Gasteiger partial charge in [0.2, 0.25) is 0 Å². The number of nitrogens with one attached hydrogen (secondary N) is 1. The van der Waals surface area contributed by atoms with E-state index in [1.165, 1.54) is 13.3 Å². The molecule has 0 spiro atoms. The Labute approximate surface area is 183 Å². The highest BCUT2D eigenvalue weighted by atomic mass is 35.5. The van der Waals surface area contributed by atoms with Gasteiger partial charge in [-0.1, -0.05) is 30.8 Å². The van der Waals surface area contributed by atoms with Gasteiger partial charge in [0.1, 0.15) is 0 Å². The molecular formula is C20H21ClFN5O2S. The van der Waals surface area contributed by atoms with E-state index in [9.17, 15) is 9.18 Å². The van der Waals surface area contributed by atoms with E-state index in [4.69, 9.17) is 16.3 Å². The second-order valence-electron chi connectivity index (χ2n) is 7.79. The number of rotatable bonds is 4. The van der Waals surface area contributed by atoms with Crippen LogP contribution in [0.5, 0.6) is 0 Å². The predicted molar refractivity (Wildman–Crippen MR) is 116 cm³/mol. The van der Waals surface area contributed by atoms with Crippen molar-refractivity contribution >= 4 is 47.2 Å². The van der Waals surface area contributed by atoms with Crippen molar-refractivity contribution in [1.82, 2.24) is 18.9 Å². The van der Waals surface area contributed by atoms with Gasteiger partial charge in [-0.3, -0.25) is 8.77 Å². The van der Waals surface area contributed by atoms with Gasteiger partial charge >= 0.3 is 5.97 Å². The predicted octanol–water partition coefficient (Wildman–Crippen LogP) is 4.51. The molecule has 0 amide bonds. The van der Waals surface area contributed by atoms with Crippen LogP contribution in [0.4, 0.5) is 10.2 Å². The average molecular weight is 450 g/mol. The van der Waals surface area contributed by atoms with Gasteiger partial charge in [-0.25, -0.2) is 19.3 Å². The number of ether oxygens (including phenoxy) is 1. The Morgan fingerprint density at radius 1 is 1.43 bits per heavy atom. The molecular weight excluding hydrogens is 429 g/mol. The maximum Gasteiger partial charge on any atom is 0.311 e. The number of hydrogen-bond donors (Lipinski definition) is 2. The summed E-state index contributed by atoms with van der Waals surface area (Å²) in [6.45, 7) is 1.88. The summed E-state index contributed by atoms with van der Waals surface area (Å²) < 4.78 is 21.0. The van der Waals surface area contributed by atoms with E-state index < -0.39 is 11.2 Å². The number of carbonyl (C=O) groups is 1. The first kappa shape index (κ1) is 20.9. The largest absolute Gasteiger partial charge is 0.469 e. The minimum absolute atomic E-state index is 0.0918. The molecule has 4 rings (SSSR count). The Kier molecular flexibility index (Phi) is 5.59. The molecule has 3 heterocycles. The Bertz CT molecular complexity index is 1120. The first-order chi connectivity index (χ1) is 14.3. The zero-order valence-corrected chi connectivity index (χ0v) is 18.2. The van der Waals surface area contributed by atoms with E-state index in [1.807, 2.05) is 6.92 Å². The molecule has 3 aromatic heterocycles. The molecule has 7 nitrogen and oxygen atoms in total. The Hall–Kier alpha value is -2.39. The van der Waals surface area contributed by atoms with E-state index in [0.717, 1.165) is 25.5 Å². The minimum Gasteiger partial charge on any atom is -0.469 e. The van der Waals surface area contributed by atoms with Crippen LogP contribution < -0.4 is 5.32 Å². The fraction of sp³-hybridized carbons (Fsp3) is 0.400. The number of fused-ring (bicyclic) bond motifs is 1. The summed E-state index contributed by atoms with van der Waals surface area (Å²) in [6, 6.07) is 1.64. The van der Waals surface area contributed by atoms with Crippen LogP contribution in [0.3, 0.4) is 0 Å². The van der Waals surface area contributed by atoms with Crippen LogP contribution in [0.1, 0.15) is 32.6 Å². The number of pyridine rings is 1. The van der Waals surface area contributed by atoms with Crippen LogP contribution >= 0.6 is 24.4 Å². The zero-order valence-electron chi connectivity index (χ0n) is 16.5. The number of halogens is 2. The van der Waals surface area contributed by atoms with Crippen LogP contribution in [-0.4, -0.2) is 38.0 Å². The lowest BCUT2D eigenvalue weighted by atomic mass is 9.73. The number of aromatic nitrogens is 4. The zero-order chi connectivity index (χ0) is 21.5. The highest BCUT2D eigenvalue weighted by molar-refractivity contribution is 7.78. The SMILES string of the molecule is COC(=O)C1(C)CCCC(Nc2nc(-c3cn(S)c4ncc(Cl)cc34)ncc2F)C1. The standard InChI is InChI=1S/C20H21ClFN5O2S/c1-20(19(28)29-2)5-3-4-12(7-20)25-17-15(22)9-23-16(26-17)14-10-27(30)18-13(14)6-11(21)8-24-18/h6,8-10,12,30H,3-5,7H2,1-2H3,(H,23,25,26). The molecule has 3 aromatic rings. The van der Waals surface area contributed by atoms with Crippen LogP contribution in [0.15, 0.2) is 24.7 Å². The third kappa shape index (κ3) is 3.83. The van der Waals surface area contributed by atoms with Gasteiger partial charge in [0.25, 0.3) is 0 Å². The van der Waals surface area contributed by atoms with E-state index in [-0.39, 0.29) is 17.8 Å². The molecule has 0 aliphatic heterocycles. The molecule has 2 unspecified atom stereocenters. The van der Waals surface area contributed by atoms with Gasteiger partial charge < -0.3 is 10.1 Å². The Balaban J connectivity index is 1.65. The van der Waals surface area contributed by atoms with E-state index >= 15 is 0 Å². The summed E-state index contributed by atoms with van der Waals surface area (Å²) in [5.41, 5.74) is 0.640. The quantitative estimate of drug-likeness (QED) is 0.450. The van der Waals surface area contributed by atoms with Crippen molar-refractivity contribution < 1.29 is 13.9 Å². The topological polar surface area (TPSA) is 81.9 Å². The lowest BCUT2D eigenvalue weighted by Crippen LogP contribution is -2.39. The summed E-state index contributed by atoms with van der Waals surface area (Å²) in [5.74, 6) is -0.389. The number of methoxy groups -OCH3 is 1. The third-order valence-electron chi connectivity index (χ3n) is 5.57. The minimum atomic E-state index is -0.598. The second kappa shape index (κ2) is 8.03. The lowest BCUT2D eigenvalue weighted by molar-refractivity contribution is -0.153. The fourth-order valence-corrected chi connectivity index (χ4v) is 4.51. The molecule has 10 heteroatoms. The molecule has 1 N–H and O–H groups in total. The summed E-state index contributed by atoms with van der Waals surface area (Å²) >= 11 is 10.5. The Morgan fingerprint density at radius 2 is 2.23 bits per heavy atom. The first-order valence-electron chi connectivity index (χ1n) is 9.54. The van der Waals surface area contributed by atoms with Gasteiger partial charge in [-0.05, 0) is 32.3 Å². The summed E-state index contributed by atoms with van der Waals surface area (Å²) in [7, 11) is 1.39. The molecule has 30 heavy (non-hydrogen) atoms. The number of thiol groups is 1. The number of hydrogen-bond acceptors (Lipinski definition) is 7. The van der Waals surface area contributed by atoms with Crippen LogP contribution in [0.2, 0.25) is 5.02 Å². The smallest absolute Gasteiger partial charge is 0.311 e. The fourth-order valence-electron chi connectivity index (χ4n) is 4.08. The van der Waals surface area contributed by atoms with Crippen LogP contribution in [-0.2, 0) is 9.53 Å². The van der Waals surface area contributed by atoms with E-state index in [2.05, 4.69) is 33.1 Å². The highest BCUT2D eigenvalue weighted by Gasteiger charge is 2.39. The van der Waals surface area contributed by atoms with Crippen molar-refractivity contribution in [2.24, 2.45) is 5.41 Å². The molecule has 0 radical (unpaired) electrons. The molecule has 0 saturated heterocycles. The van der Waals surface area contributed by atoms with Crippen LogP contribution in [0.25, 0.3) is 22.4 Å². The van der Waals surface area contributed by atoms with Crippen molar-refractivity contribution in [3.8, 4) is 11.4 Å².